The van der Waals surface area contributed by atoms with Gasteiger partial charge in [-0.1, -0.05) is 41.1 Å². The molecule has 0 saturated heterocycles. The van der Waals surface area contributed by atoms with Crippen molar-refractivity contribution in [2.45, 2.75) is 20.4 Å². The summed E-state index contributed by atoms with van der Waals surface area (Å²) in [4.78, 5) is 4.83. The number of rotatable bonds is 4. The van der Waals surface area contributed by atoms with Crippen LogP contribution in [-0.2, 0) is 6.54 Å². The molecule has 0 amide bonds. The molecule has 1 aromatic carbocycles. The van der Waals surface area contributed by atoms with Crippen molar-refractivity contribution in [1.82, 2.24) is 14.5 Å². The summed E-state index contributed by atoms with van der Waals surface area (Å²) in [6.07, 6.45) is 3.67. The van der Waals surface area contributed by atoms with Gasteiger partial charge in [-0.3, -0.25) is 0 Å². The van der Waals surface area contributed by atoms with Crippen LogP contribution in [0.3, 0.4) is 0 Å². The molecule has 5 heteroatoms. The lowest BCUT2D eigenvalue weighted by Gasteiger charge is -2.07. The number of hydrogen-bond donors (Lipinski definition) is 1. The van der Waals surface area contributed by atoms with Crippen LogP contribution in [0.2, 0.25) is 0 Å². The van der Waals surface area contributed by atoms with Crippen molar-refractivity contribution in [1.29, 1.82) is 0 Å². The highest BCUT2D eigenvalue weighted by Gasteiger charge is 2.14. The number of pyridine rings is 1. The molecule has 0 aliphatic carbocycles. The molecular formula is C19H18N4O. The minimum atomic E-state index is 0.611. The Balaban J connectivity index is 1.81. The van der Waals surface area contributed by atoms with Gasteiger partial charge in [-0.25, -0.2) is 4.98 Å². The molecule has 5 nitrogen and oxygen atoms in total. The fourth-order valence-corrected chi connectivity index (χ4v) is 2.79. The molecule has 0 radical (unpaired) electrons. The topological polar surface area (TPSA) is 55.4 Å². The van der Waals surface area contributed by atoms with Crippen LogP contribution in [0.5, 0.6) is 0 Å². The van der Waals surface area contributed by atoms with Gasteiger partial charge in [0.25, 0.3) is 0 Å². The van der Waals surface area contributed by atoms with Crippen LogP contribution in [0.25, 0.3) is 16.9 Å². The zero-order chi connectivity index (χ0) is 16.5. The summed E-state index contributed by atoms with van der Waals surface area (Å²) in [5.74, 6) is 0.715. The quantitative estimate of drug-likeness (QED) is 0.612. The van der Waals surface area contributed by atoms with Crippen LogP contribution in [0, 0.1) is 13.8 Å². The molecule has 0 bridgehead atoms. The second-order valence-electron chi connectivity index (χ2n) is 5.95. The number of aryl methyl sites for hydroxylation is 2. The predicted molar refractivity (Wildman–Crippen MR) is 93.9 cm³/mol. The van der Waals surface area contributed by atoms with E-state index in [1.165, 1.54) is 11.1 Å². The van der Waals surface area contributed by atoms with E-state index in [0.717, 1.165) is 22.6 Å². The summed E-state index contributed by atoms with van der Waals surface area (Å²) in [6, 6.07) is 14.4. The van der Waals surface area contributed by atoms with Crippen LogP contribution >= 0.6 is 0 Å². The van der Waals surface area contributed by atoms with Crippen LogP contribution in [0.15, 0.2) is 59.4 Å². The first-order valence-corrected chi connectivity index (χ1v) is 7.89. The molecule has 0 saturated carbocycles. The number of imidazole rings is 1. The lowest BCUT2D eigenvalue weighted by Crippen LogP contribution is -2.04. The predicted octanol–water partition coefficient (Wildman–Crippen LogP) is 4.22. The number of benzene rings is 1. The highest BCUT2D eigenvalue weighted by atomic mass is 16.5. The van der Waals surface area contributed by atoms with Crippen molar-refractivity contribution in [3.05, 3.63) is 71.7 Å². The van der Waals surface area contributed by atoms with Gasteiger partial charge in [-0.2, -0.15) is 0 Å². The standard InChI is InChI=1S/C19H18N4O/c1-13-3-6-15(7-4-13)19-16(11-20-17-9-10-24-22-17)23-12-14(2)5-8-18(23)21-19/h3-10,12H,11H2,1-2H3,(H,20,22). The van der Waals surface area contributed by atoms with E-state index >= 15 is 0 Å². The minimum Gasteiger partial charge on any atom is -0.363 e. The third kappa shape index (κ3) is 2.65. The van der Waals surface area contributed by atoms with E-state index in [1.54, 1.807) is 12.3 Å². The van der Waals surface area contributed by atoms with Gasteiger partial charge in [-0.05, 0) is 25.5 Å². The third-order valence-corrected chi connectivity index (χ3v) is 4.07. The summed E-state index contributed by atoms with van der Waals surface area (Å²) in [5.41, 5.74) is 6.56. The van der Waals surface area contributed by atoms with Gasteiger partial charge in [0, 0.05) is 17.8 Å². The second kappa shape index (κ2) is 5.85. The molecule has 4 aromatic rings. The average molecular weight is 318 g/mol. The van der Waals surface area contributed by atoms with Gasteiger partial charge >= 0.3 is 0 Å². The van der Waals surface area contributed by atoms with Crippen LogP contribution in [-0.4, -0.2) is 14.5 Å². The largest absolute Gasteiger partial charge is 0.363 e. The number of nitrogens with zero attached hydrogens (tertiary/aromatic N) is 3. The molecule has 24 heavy (non-hydrogen) atoms. The van der Waals surface area contributed by atoms with Crippen molar-refractivity contribution in [3.8, 4) is 11.3 Å². The van der Waals surface area contributed by atoms with Crippen molar-refractivity contribution in [2.75, 3.05) is 5.32 Å². The molecule has 0 spiro atoms. The van der Waals surface area contributed by atoms with Gasteiger partial charge in [0.05, 0.1) is 17.9 Å². The lowest BCUT2D eigenvalue weighted by atomic mass is 10.1. The zero-order valence-electron chi connectivity index (χ0n) is 13.7. The Morgan fingerprint density at radius 1 is 1.00 bits per heavy atom. The van der Waals surface area contributed by atoms with Gasteiger partial charge < -0.3 is 14.2 Å². The molecular weight excluding hydrogens is 300 g/mol. The SMILES string of the molecule is Cc1ccc(-c2nc3ccc(C)cn3c2CNc2ccon2)cc1. The summed E-state index contributed by atoms with van der Waals surface area (Å²) >= 11 is 0. The summed E-state index contributed by atoms with van der Waals surface area (Å²) in [7, 11) is 0. The Bertz CT molecular complexity index is 969. The van der Waals surface area contributed by atoms with Gasteiger partial charge in [0.2, 0.25) is 0 Å². The van der Waals surface area contributed by atoms with Gasteiger partial charge in [0.1, 0.15) is 11.9 Å². The summed E-state index contributed by atoms with van der Waals surface area (Å²) in [5, 5.41) is 7.21. The zero-order valence-corrected chi connectivity index (χ0v) is 13.7. The van der Waals surface area contributed by atoms with Crippen LogP contribution < -0.4 is 5.32 Å². The van der Waals surface area contributed by atoms with E-state index in [-0.39, 0.29) is 0 Å². The molecule has 0 aliphatic heterocycles. The number of fused-ring (bicyclic) bond motifs is 1. The smallest absolute Gasteiger partial charge is 0.169 e. The Morgan fingerprint density at radius 2 is 1.79 bits per heavy atom. The van der Waals surface area contributed by atoms with Gasteiger partial charge in [-0.15, -0.1) is 0 Å². The molecule has 0 atom stereocenters. The lowest BCUT2D eigenvalue weighted by molar-refractivity contribution is 0.422. The van der Waals surface area contributed by atoms with Crippen molar-refractivity contribution >= 4 is 11.5 Å². The molecule has 1 N–H and O–H groups in total. The molecule has 0 aliphatic rings. The average Bonchev–Trinajstić information content (AvgIpc) is 3.21. The first-order valence-electron chi connectivity index (χ1n) is 7.89. The molecule has 4 rings (SSSR count). The minimum absolute atomic E-state index is 0.611. The highest BCUT2D eigenvalue weighted by molar-refractivity contribution is 5.67. The second-order valence-corrected chi connectivity index (χ2v) is 5.95. The Labute approximate surface area is 139 Å². The first kappa shape index (κ1) is 14.5. The maximum absolute atomic E-state index is 4.88. The van der Waals surface area contributed by atoms with Crippen molar-refractivity contribution in [2.24, 2.45) is 0 Å². The number of nitrogens with one attached hydrogen (secondary N) is 1. The summed E-state index contributed by atoms with van der Waals surface area (Å²) in [6.45, 7) is 4.78. The maximum atomic E-state index is 4.88. The van der Waals surface area contributed by atoms with Crippen LogP contribution in [0.4, 0.5) is 5.82 Å². The number of hydrogen-bond acceptors (Lipinski definition) is 4. The third-order valence-electron chi connectivity index (χ3n) is 4.07. The van der Waals surface area contributed by atoms with E-state index in [0.29, 0.717) is 12.4 Å². The van der Waals surface area contributed by atoms with Crippen molar-refractivity contribution in [3.63, 3.8) is 0 Å². The highest BCUT2D eigenvalue weighted by Crippen LogP contribution is 2.26. The Hall–Kier alpha value is -3.08. The number of aromatic nitrogens is 3. The molecule has 0 fully saturated rings. The van der Waals surface area contributed by atoms with Gasteiger partial charge in [0.15, 0.2) is 5.82 Å². The van der Waals surface area contributed by atoms with Crippen LogP contribution in [0.1, 0.15) is 16.8 Å². The maximum Gasteiger partial charge on any atom is 0.169 e. The number of anilines is 1. The fourth-order valence-electron chi connectivity index (χ4n) is 2.79. The van der Waals surface area contributed by atoms with Crippen molar-refractivity contribution < 1.29 is 4.52 Å². The Kier molecular flexibility index (Phi) is 3.54. The van der Waals surface area contributed by atoms with E-state index in [9.17, 15) is 0 Å². The monoisotopic (exact) mass is 318 g/mol. The van der Waals surface area contributed by atoms with E-state index in [4.69, 9.17) is 9.51 Å². The van der Waals surface area contributed by atoms with E-state index in [2.05, 4.69) is 65.3 Å². The van der Waals surface area contributed by atoms with E-state index in [1.807, 2.05) is 6.07 Å². The summed E-state index contributed by atoms with van der Waals surface area (Å²) < 4.78 is 7.02. The molecule has 3 aromatic heterocycles. The molecule has 3 heterocycles. The van der Waals surface area contributed by atoms with E-state index < -0.39 is 0 Å². The normalized spacial score (nSPS) is 11.1. The first-order chi connectivity index (χ1) is 11.7. The fraction of sp³-hybridized carbons (Fsp3) is 0.158. The molecule has 0 unspecified atom stereocenters. The Morgan fingerprint density at radius 3 is 2.54 bits per heavy atom. The molecule has 120 valence electrons.